The van der Waals surface area contributed by atoms with Gasteiger partial charge in [0, 0.05) is 0 Å². The van der Waals surface area contributed by atoms with Crippen molar-refractivity contribution >= 4 is 17.4 Å². The highest BCUT2D eigenvalue weighted by molar-refractivity contribution is 7.99. The summed E-state index contributed by atoms with van der Waals surface area (Å²) < 4.78 is 4.85. The van der Waals surface area contributed by atoms with Crippen molar-refractivity contribution in [3.05, 3.63) is 40.7 Å². The van der Waals surface area contributed by atoms with Gasteiger partial charge in [0.2, 0.25) is 0 Å². The van der Waals surface area contributed by atoms with Crippen molar-refractivity contribution in [2.75, 3.05) is 7.11 Å². The van der Waals surface area contributed by atoms with E-state index in [2.05, 4.69) is 9.97 Å². The molecule has 0 spiro atoms. The van der Waals surface area contributed by atoms with Crippen LogP contribution in [0.1, 0.15) is 0 Å². The second kappa shape index (κ2) is 5.53. The Morgan fingerprint density at radius 1 is 1.37 bits per heavy atom. The number of nitrogens with zero attached hydrogens (tertiary/aromatic N) is 3. The van der Waals surface area contributed by atoms with Gasteiger partial charge in [-0.25, -0.2) is 4.98 Å². The first-order valence-corrected chi connectivity index (χ1v) is 5.94. The summed E-state index contributed by atoms with van der Waals surface area (Å²) in [6.45, 7) is 0. The average Bonchev–Trinajstić information content (AvgIpc) is 2.40. The SMILES string of the molecule is COc1ncnc(Sc2ccccc2O)c1[N+](=O)[O-]. The predicted octanol–water partition coefficient (Wildman–Crippen LogP) is 2.25. The fourth-order valence-corrected chi connectivity index (χ4v) is 2.26. The normalized spacial score (nSPS) is 10.2. The highest BCUT2D eigenvalue weighted by atomic mass is 32.2. The summed E-state index contributed by atoms with van der Waals surface area (Å²) >= 11 is 0.976. The van der Waals surface area contributed by atoms with Gasteiger partial charge in [0.15, 0.2) is 5.03 Å². The van der Waals surface area contributed by atoms with Crippen LogP contribution in [0.15, 0.2) is 40.5 Å². The van der Waals surface area contributed by atoms with E-state index in [1.807, 2.05) is 0 Å². The summed E-state index contributed by atoms with van der Waals surface area (Å²) in [4.78, 5) is 18.5. The molecule has 0 bridgehead atoms. The molecule has 0 saturated heterocycles. The zero-order chi connectivity index (χ0) is 13.8. The number of benzene rings is 1. The Kier molecular flexibility index (Phi) is 3.81. The highest BCUT2D eigenvalue weighted by Gasteiger charge is 2.25. The van der Waals surface area contributed by atoms with Crippen LogP contribution in [0.2, 0.25) is 0 Å². The van der Waals surface area contributed by atoms with Crippen LogP contribution in [-0.2, 0) is 0 Å². The summed E-state index contributed by atoms with van der Waals surface area (Å²) in [5, 5.41) is 20.8. The number of hydrogen-bond acceptors (Lipinski definition) is 7. The molecule has 0 aliphatic heterocycles. The Hall–Kier alpha value is -2.35. The number of methoxy groups -OCH3 is 1. The number of phenols is 1. The number of para-hydroxylation sites is 1. The first-order chi connectivity index (χ1) is 9.13. The molecule has 0 fully saturated rings. The Balaban J connectivity index is 2.46. The minimum Gasteiger partial charge on any atom is -0.507 e. The van der Waals surface area contributed by atoms with Gasteiger partial charge in [-0.1, -0.05) is 23.9 Å². The van der Waals surface area contributed by atoms with E-state index in [1.54, 1.807) is 18.2 Å². The summed E-state index contributed by atoms with van der Waals surface area (Å²) in [7, 11) is 1.30. The van der Waals surface area contributed by atoms with Crippen LogP contribution in [0.3, 0.4) is 0 Å². The molecule has 2 rings (SSSR count). The zero-order valence-corrected chi connectivity index (χ0v) is 10.6. The van der Waals surface area contributed by atoms with Gasteiger partial charge in [-0.05, 0) is 12.1 Å². The molecular weight excluding hydrogens is 270 g/mol. The lowest BCUT2D eigenvalue weighted by atomic mass is 10.3. The zero-order valence-electron chi connectivity index (χ0n) is 9.81. The Morgan fingerprint density at radius 3 is 2.74 bits per heavy atom. The summed E-state index contributed by atoms with van der Waals surface area (Å²) in [6, 6.07) is 6.51. The van der Waals surface area contributed by atoms with Crippen LogP contribution in [0, 0.1) is 10.1 Å². The third-order valence-corrected chi connectivity index (χ3v) is 3.26. The lowest BCUT2D eigenvalue weighted by Crippen LogP contribution is -1.99. The van der Waals surface area contributed by atoms with E-state index in [9.17, 15) is 15.2 Å². The number of aromatic hydroxyl groups is 1. The van der Waals surface area contributed by atoms with E-state index in [-0.39, 0.29) is 22.3 Å². The maximum absolute atomic E-state index is 11.0. The van der Waals surface area contributed by atoms with Crippen molar-refractivity contribution in [3.8, 4) is 11.6 Å². The van der Waals surface area contributed by atoms with Crippen LogP contribution in [0.5, 0.6) is 11.6 Å². The molecule has 1 heterocycles. The highest BCUT2D eigenvalue weighted by Crippen LogP contribution is 2.40. The second-order valence-corrected chi connectivity index (χ2v) is 4.39. The third-order valence-electron chi connectivity index (χ3n) is 2.20. The molecule has 8 heteroatoms. The molecule has 7 nitrogen and oxygen atoms in total. The van der Waals surface area contributed by atoms with Crippen molar-refractivity contribution in [2.45, 2.75) is 9.92 Å². The predicted molar refractivity (Wildman–Crippen MR) is 67.5 cm³/mol. The monoisotopic (exact) mass is 279 g/mol. The number of hydrogen-bond donors (Lipinski definition) is 1. The molecule has 0 atom stereocenters. The van der Waals surface area contributed by atoms with Gasteiger partial charge in [0.05, 0.1) is 16.9 Å². The number of aromatic nitrogens is 2. The Bertz CT molecular complexity index is 621. The smallest absolute Gasteiger partial charge is 0.363 e. The molecular formula is C11H9N3O4S. The van der Waals surface area contributed by atoms with Gasteiger partial charge >= 0.3 is 5.69 Å². The fraction of sp³-hybridized carbons (Fsp3) is 0.0909. The topological polar surface area (TPSA) is 98.4 Å². The van der Waals surface area contributed by atoms with Crippen molar-refractivity contribution < 1.29 is 14.8 Å². The van der Waals surface area contributed by atoms with Crippen LogP contribution in [-0.4, -0.2) is 27.1 Å². The number of ether oxygens (including phenoxy) is 1. The molecule has 0 unspecified atom stereocenters. The molecule has 0 amide bonds. The van der Waals surface area contributed by atoms with Crippen LogP contribution in [0.4, 0.5) is 5.69 Å². The van der Waals surface area contributed by atoms with Crippen molar-refractivity contribution in [1.82, 2.24) is 9.97 Å². The van der Waals surface area contributed by atoms with Crippen molar-refractivity contribution in [1.29, 1.82) is 0 Å². The first-order valence-electron chi connectivity index (χ1n) is 5.12. The van der Waals surface area contributed by atoms with Gasteiger partial charge in [-0.15, -0.1) is 0 Å². The Labute approximate surface area is 112 Å². The largest absolute Gasteiger partial charge is 0.507 e. The molecule has 1 N–H and O–H groups in total. The number of rotatable bonds is 4. The quantitative estimate of drug-likeness (QED) is 0.520. The standard InChI is InChI=1S/C11H9N3O4S/c1-18-10-9(14(16)17)11(13-6-12-10)19-8-5-3-2-4-7(8)15/h2-6,15H,1H3. The molecule has 19 heavy (non-hydrogen) atoms. The van der Waals surface area contributed by atoms with E-state index in [4.69, 9.17) is 4.74 Å². The van der Waals surface area contributed by atoms with Crippen LogP contribution in [0.25, 0.3) is 0 Å². The second-order valence-electron chi connectivity index (χ2n) is 3.36. The maximum atomic E-state index is 11.0. The average molecular weight is 279 g/mol. The third kappa shape index (κ3) is 2.74. The molecule has 0 aliphatic carbocycles. The van der Waals surface area contributed by atoms with Crippen LogP contribution >= 0.6 is 11.8 Å². The van der Waals surface area contributed by atoms with E-state index in [0.29, 0.717) is 4.90 Å². The van der Waals surface area contributed by atoms with Gasteiger partial charge in [0.1, 0.15) is 12.1 Å². The summed E-state index contributed by atoms with van der Waals surface area (Å²) in [6.07, 6.45) is 1.17. The van der Waals surface area contributed by atoms with Gasteiger partial charge < -0.3 is 9.84 Å². The first kappa shape index (κ1) is 13.1. The molecule has 1 aromatic heterocycles. The molecule has 0 saturated carbocycles. The molecule has 2 aromatic rings. The van der Waals surface area contributed by atoms with E-state index < -0.39 is 4.92 Å². The fourth-order valence-electron chi connectivity index (χ4n) is 1.38. The molecule has 1 aromatic carbocycles. The minimum absolute atomic E-state index is 0.0272. The number of nitro groups is 1. The van der Waals surface area contributed by atoms with Gasteiger partial charge in [-0.2, -0.15) is 4.98 Å². The van der Waals surface area contributed by atoms with Gasteiger partial charge in [0.25, 0.3) is 5.88 Å². The summed E-state index contributed by atoms with van der Waals surface area (Å²) in [5.41, 5.74) is -0.321. The van der Waals surface area contributed by atoms with Gasteiger partial charge in [-0.3, -0.25) is 10.1 Å². The molecule has 98 valence electrons. The van der Waals surface area contributed by atoms with Crippen molar-refractivity contribution in [2.24, 2.45) is 0 Å². The van der Waals surface area contributed by atoms with Crippen molar-refractivity contribution in [3.63, 3.8) is 0 Å². The van der Waals surface area contributed by atoms with E-state index in [1.165, 1.54) is 19.5 Å². The molecule has 0 radical (unpaired) electrons. The van der Waals surface area contributed by atoms with Crippen LogP contribution < -0.4 is 4.74 Å². The Morgan fingerprint density at radius 2 is 2.11 bits per heavy atom. The van der Waals surface area contributed by atoms with E-state index in [0.717, 1.165) is 11.8 Å². The lowest BCUT2D eigenvalue weighted by Gasteiger charge is -2.05. The number of phenolic OH excluding ortho intramolecular Hbond substituents is 1. The lowest BCUT2D eigenvalue weighted by molar-refractivity contribution is -0.389. The van der Waals surface area contributed by atoms with E-state index >= 15 is 0 Å². The summed E-state index contributed by atoms with van der Waals surface area (Å²) in [5.74, 6) is -0.0858. The molecule has 0 aliphatic rings. The minimum atomic E-state index is -0.610. The maximum Gasteiger partial charge on any atom is 0.363 e.